The molecule has 0 radical (unpaired) electrons. The molecule has 3 nitrogen and oxygen atoms in total. The van der Waals surface area contributed by atoms with Crippen molar-refractivity contribution in [2.24, 2.45) is 0 Å². The second kappa shape index (κ2) is 7.43. The van der Waals surface area contributed by atoms with Crippen molar-refractivity contribution in [2.75, 3.05) is 0 Å². The molecule has 0 atom stereocenters. The number of carbonyl (C=O) groups is 1. The Hall–Kier alpha value is -2.17. The van der Waals surface area contributed by atoms with Gasteiger partial charge in [0.25, 0.3) is 0 Å². The molecular weight excluding hydrogens is 262 g/mol. The van der Waals surface area contributed by atoms with Gasteiger partial charge in [-0.1, -0.05) is 20.8 Å². The highest BCUT2D eigenvalue weighted by atomic mass is 19.1. The van der Waals surface area contributed by atoms with Crippen molar-refractivity contribution in [2.45, 2.75) is 27.2 Å². The van der Waals surface area contributed by atoms with Crippen molar-refractivity contribution >= 4 is 5.78 Å². The Bertz CT molecular complexity index is 563. The molecule has 1 heterocycles. The Morgan fingerprint density at radius 2 is 1.80 bits per heavy atom. The summed E-state index contributed by atoms with van der Waals surface area (Å²) in [5.41, 5.74) is 0.189. The zero-order chi connectivity index (χ0) is 15.1. The standard InChI is InChI=1S/C13H10F2N2O.C2H6/c1-2-12(18)13-9(14)5-8(6-10(13)15)11-3-4-16-7-17-11;1-2/h3-7H,2H2,1H3;1-2H3. The maximum atomic E-state index is 13.7. The van der Waals surface area contributed by atoms with Gasteiger partial charge in [0, 0.05) is 18.2 Å². The van der Waals surface area contributed by atoms with E-state index in [1.807, 2.05) is 13.8 Å². The first kappa shape index (κ1) is 15.9. The second-order valence-corrected chi connectivity index (χ2v) is 3.69. The van der Waals surface area contributed by atoms with E-state index in [0.29, 0.717) is 5.69 Å². The SMILES string of the molecule is CC.CCC(=O)c1c(F)cc(-c2ccncn2)cc1F. The van der Waals surface area contributed by atoms with Crippen LogP contribution in [0.25, 0.3) is 11.3 Å². The highest BCUT2D eigenvalue weighted by Crippen LogP contribution is 2.23. The summed E-state index contributed by atoms with van der Waals surface area (Å²) in [5.74, 6) is -2.29. The molecule has 5 heteroatoms. The number of hydrogen-bond acceptors (Lipinski definition) is 3. The van der Waals surface area contributed by atoms with Crippen molar-refractivity contribution in [3.63, 3.8) is 0 Å². The van der Waals surface area contributed by atoms with Crippen LogP contribution in [0.3, 0.4) is 0 Å². The topological polar surface area (TPSA) is 42.9 Å². The first-order valence-corrected chi connectivity index (χ1v) is 6.42. The van der Waals surface area contributed by atoms with Gasteiger partial charge in [-0.15, -0.1) is 0 Å². The Morgan fingerprint density at radius 3 is 2.25 bits per heavy atom. The molecule has 0 aliphatic heterocycles. The molecule has 2 rings (SSSR count). The molecule has 0 spiro atoms. The predicted octanol–water partition coefficient (Wildman–Crippen LogP) is 4.04. The molecule has 0 saturated heterocycles. The Kier molecular flexibility index (Phi) is 5.90. The number of nitrogens with zero attached hydrogens (tertiary/aromatic N) is 2. The first-order chi connectivity index (χ1) is 9.63. The summed E-state index contributed by atoms with van der Waals surface area (Å²) < 4.78 is 27.5. The van der Waals surface area contributed by atoms with Gasteiger partial charge in [-0.05, 0) is 18.2 Å². The largest absolute Gasteiger partial charge is 0.294 e. The maximum absolute atomic E-state index is 13.7. The van der Waals surface area contributed by atoms with Crippen LogP contribution in [0.5, 0.6) is 0 Å². The van der Waals surface area contributed by atoms with Crippen LogP contribution in [-0.2, 0) is 0 Å². The van der Waals surface area contributed by atoms with Gasteiger partial charge in [0.2, 0.25) is 0 Å². The molecule has 0 aliphatic carbocycles. The van der Waals surface area contributed by atoms with Gasteiger partial charge in [0.1, 0.15) is 18.0 Å². The average molecular weight is 278 g/mol. The van der Waals surface area contributed by atoms with Gasteiger partial charge in [-0.2, -0.15) is 0 Å². The molecule has 0 amide bonds. The molecule has 0 fully saturated rings. The minimum atomic E-state index is -0.865. The number of halogens is 2. The van der Waals surface area contributed by atoms with E-state index in [4.69, 9.17) is 0 Å². The van der Waals surface area contributed by atoms with E-state index < -0.39 is 23.0 Å². The average Bonchev–Trinajstić information content (AvgIpc) is 2.49. The molecule has 2 aromatic rings. The molecule has 0 unspecified atom stereocenters. The normalized spacial score (nSPS) is 9.65. The molecule has 106 valence electrons. The molecule has 0 aliphatic rings. The molecule has 0 saturated carbocycles. The number of ketones is 1. The van der Waals surface area contributed by atoms with E-state index in [1.54, 1.807) is 6.92 Å². The van der Waals surface area contributed by atoms with Crippen molar-refractivity contribution in [3.8, 4) is 11.3 Å². The first-order valence-electron chi connectivity index (χ1n) is 6.42. The van der Waals surface area contributed by atoms with E-state index in [1.165, 1.54) is 18.6 Å². The summed E-state index contributed by atoms with van der Waals surface area (Å²) in [6.07, 6.45) is 2.82. The van der Waals surface area contributed by atoms with E-state index >= 15 is 0 Å². The fraction of sp³-hybridized carbons (Fsp3) is 0.267. The van der Waals surface area contributed by atoms with Crippen LogP contribution >= 0.6 is 0 Å². The van der Waals surface area contributed by atoms with Gasteiger partial charge in [0.15, 0.2) is 5.78 Å². The predicted molar refractivity (Wildman–Crippen MR) is 73.4 cm³/mol. The van der Waals surface area contributed by atoms with Crippen LogP contribution in [-0.4, -0.2) is 15.8 Å². The lowest BCUT2D eigenvalue weighted by atomic mass is 10.0. The van der Waals surface area contributed by atoms with Crippen molar-refractivity contribution in [1.82, 2.24) is 9.97 Å². The molecule has 1 aromatic carbocycles. The molecule has 20 heavy (non-hydrogen) atoms. The molecular formula is C15H16F2N2O. The third-order valence-corrected chi connectivity index (χ3v) is 2.52. The van der Waals surface area contributed by atoms with Gasteiger partial charge < -0.3 is 0 Å². The number of rotatable bonds is 3. The maximum Gasteiger partial charge on any atom is 0.168 e. The highest BCUT2D eigenvalue weighted by Gasteiger charge is 2.17. The number of benzene rings is 1. The molecule has 1 aromatic heterocycles. The molecule has 0 N–H and O–H groups in total. The number of aromatic nitrogens is 2. The number of carbonyl (C=O) groups excluding carboxylic acids is 1. The Balaban J connectivity index is 0.000000956. The summed E-state index contributed by atoms with van der Waals surface area (Å²) in [4.78, 5) is 19.0. The fourth-order valence-electron chi connectivity index (χ4n) is 1.63. The quantitative estimate of drug-likeness (QED) is 0.796. The minimum Gasteiger partial charge on any atom is -0.294 e. The van der Waals surface area contributed by atoms with Gasteiger partial charge in [-0.25, -0.2) is 18.7 Å². The van der Waals surface area contributed by atoms with E-state index in [-0.39, 0.29) is 12.0 Å². The van der Waals surface area contributed by atoms with Crippen molar-refractivity contribution in [3.05, 3.63) is 47.9 Å². The number of hydrogen-bond donors (Lipinski definition) is 0. The van der Waals surface area contributed by atoms with Crippen LogP contribution < -0.4 is 0 Å². The summed E-state index contributed by atoms with van der Waals surface area (Å²) in [6.45, 7) is 5.56. The van der Waals surface area contributed by atoms with Crippen LogP contribution in [0.4, 0.5) is 8.78 Å². The van der Waals surface area contributed by atoms with Crippen LogP contribution in [0.15, 0.2) is 30.7 Å². The summed E-state index contributed by atoms with van der Waals surface area (Å²) >= 11 is 0. The van der Waals surface area contributed by atoms with Gasteiger partial charge in [0.05, 0.1) is 11.3 Å². The highest BCUT2D eigenvalue weighted by molar-refractivity contribution is 5.96. The van der Waals surface area contributed by atoms with E-state index in [0.717, 1.165) is 12.1 Å². The lowest BCUT2D eigenvalue weighted by Crippen LogP contribution is -2.05. The monoisotopic (exact) mass is 278 g/mol. The van der Waals surface area contributed by atoms with Crippen LogP contribution in [0.2, 0.25) is 0 Å². The minimum absolute atomic E-state index is 0.0562. The zero-order valence-electron chi connectivity index (χ0n) is 11.7. The lowest BCUT2D eigenvalue weighted by molar-refractivity contribution is 0.0980. The number of Topliss-reactive ketones (excluding diaryl/α,β-unsaturated/α-hetero) is 1. The van der Waals surface area contributed by atoms with E-state index in [9.17, 15) is 13.6 Å². The Labute approximate surface area is 116 Å². The van der Waals surface area contributed by atoms with Crippen LogP contribution in [0.1, 0.15) is 37.6 Å². The Morgan fingerprint density at radius 1 is 1.20 bits per heavy atom. The van der Waals surface area contributed by atoms with Crippen molar-refractivity contribution in [1.29, 1.82) is 0 Å². The molecule has 0 bridgehead atoms. The second-order valence-electron chi connectivity index (χ2n) is 3.69. The van der Waals surface area contributed by atoms with Crippen LogP contribution in [0, 0.1) is 11.6 Å². The smallest absolute Gasteiger partial charge is 0.168 e. The third kappa shape index (κ3) is 3.44. The fourth-order valence-corrected chi connectivity index (χ4v) is 1.63. The van der Waals surface area contributed by atoms with E-state index in [2.05, 4.69) is 9.97 Å². The lowest BCUT2D eigenvalue weighted by Gasteiger charge is -2.06. The summed E-state index contributed by atoms with van der Waals surface area (Å²) in [5, 5.41) is 0. The summed E-state index contributed by atoms with van der Waals surface area (Å²) in [7, 11) is 0. The van der Waals surface area contributed by atoms with Gasteiger partial charge in [-0.3, -0.25) is 4.79 Å². The third-order valence-electron chi connectivity index (χ3n) is 2.52. The van der Waals surface area contributed by atoms with Crippen molar-refractivity contribution < 1.29 is 13.6 Å². The van der Waals surface area contributed by atoms with Gasteiger partial charge >= 0.3 is 0 Å². The zero-order valence-corrected chi connectivity index (χ0v) is 11.7. The summed E-state index contributed by atoms with van der Waals surface area (Å²) in [6, 6.07) is 3.75.